The first-order valence-corrected chi connectivity index (χ1v) is 8.95. The molecule has 2 aromatic carbocycles. The summed E-state index contributed by atoms with van der Waals surface area (Å²) in [5.41, 5.74) is 1.25. The Morgan fingerprint density at radius 3 is 2.30 bits per heavy atom. The molecule has 2 amide bonds. The zero-order valence-electron chi connectivity index (χ0n) is 14.5. The van der Waals surface area contributed by atoms with E-state index in [9.17, 15) is 9.59 Å². The molecule has 138 valence electrons. The Kier molecular flexibility index (Phi) is 5.93. The molecule has 0 saturated carbocycles. The number of nitrogens with one attached hydrogen (secondary N) is 2. The molecular formula is C20H17BrN2O4. The minimum absolute atomic E-state index is 0.153. The van der Waals surface area contributed by atoms with Gasteiger partial charge in [0.2, 0.25) is 5.91 Å². The van der Waals surface area contributed by atoms with Crippen LogP contribution in [0.25, 0.3) is 0 Å². The van der Waals surface area contributed by atoms with Crippen LogP contribution >= 0.6 is 15.9 Å². The fourth-order valence-electron chi connectivity index (χ4n) is 2.32. The average Bonchev–Trinajstić information content (AvgIpc) is 3.11. The van der Waals surface area contributed by atoms with Crippen molar-refractivity contribution in [3.05, 3.63) is 76.7 Å². The summed E-state index contributed by atoms with van der Waals surface area (Å²) in [6.45, 7) is 1.64. The van der Waals surface area contributed by atoms with Crippen LogP contribution in [0.4, 0.5) is 11.4 Å². The third-order valence-corrected chi connectivity index (χ3v) is 4.21. The maximum absolute atomic E-state index is 12.3. The van der Waals surface area contributed by atoms with Gasteiger partial charge in [0.15, 0.2) is 5.76 Å². The van der Waals surface area contributed by atoms with Gasteiger partial charge in [-0.2, -0.15) is 0 Å². The second-order valence-electron chi connectivity index (χ2n) is 5.70. The Labute approximate surface area is 164 Å². The number of ether oxygens (including phenoxy) is 1. The standard InChI is InChI=1S/C20H17BrN2O4/c1-13(24)22-14-6-8-15(9-7-14)23-20(25)19-11-10-16(27-19)12-26-18-5-3-2-4-17(18)21/h2-11H,12H2,1H3,(H,22,24)(H,23,25). The maximum Gasteiger partial charge on any atom is 0.291 e. The minimum atomic E-state index is -0.366. The quantitative estimate of drug-likeness (QED) is 0.588. The van der Waals surface area contributed by atoms with Gasteiger partial charge in [-0.1, -0.05) is 12.1 Å². The number of carbonyl (C=O) groups excluding carboxylic acids is 2. The lowest BCUT2D eigenvalue weighted by atomic mass is 10.2. The molecule has 0 bridgehead atoms. The van der Waals surface area contributed by atoms with Crippen molar-refractivity contribution in [3.63, 3.8) is 0 Å². The van der Waals surface area contributed by atoms with Crippen molar-refractivity contribution in [2.45, 2.75) is 13.5 Å². The van der Waals surface area contributed by atoms with Gasteiger partial charge in [-0.25, -0.2) is 0 Å². The van der Waals surface area contributed by atoms with Gasteiger partial charge >= 0.3 is 0 Å². The zero-order valence-corrected chi connectivity index (χ0v) is 16.1. The largest absolute Gasteiger partial charge is 0.484 e. The first-order valence-electron chi connectivity index (χ1n) is 8.16. The third-order valence-electron chi connectivity index (χ3n) is 3.56. The monoisotopic (exact) mass is 428 g/mol. The van der Waals surface area contributed by atoms with E-state index in [1.54, 1.807) is 36.4 Å². The van der Waals surface area contributed by atoms with Crippen LogP contribution in [0.2, 0.25) is 0 Å². The highest BCUT2D eigenvalue weighted by molar-refractivity contribution is 9.10. The first-order chi connectivity index (χ1) is 13.0. The highest BCUT2D eigenvalue weighted by Gasteiger charge is 2.12. The van der Waals surface area contributed by atoms with Crippen LogP contribution in [0.3, 0.4) is 0 Å². The van der Waals surface area contributed by atoms with E-state index >= 15 is 0 Å². The normalized spacial score (nSPS) is 10.3. The highest BCUT2D eigenvalue weighted by Crippen LogP contribution is 2.25. The van der Waals surface area contributed by atoms with Gasteiger partial charge < -0.3 is 19.8 Å². The summed E-state index contributed by atoms with van der Waals surface area (Å²) in [6, 6.07) is 17.6. The van der Waals surface area contributed by atoms with Crippen LogP contribution in [0.5, 0.6) is 5.75 Å². The fraction of sp³-hybridized carbons (Fsp3) is 0.100. The number of halogens is 1. The summed E-state index contributed by atoms with van der Waals surface area (Å²) >= 11 is 3.41. The zero-order chi connectivity index (χ0) is 19.2. The van der Waals surface area contributed by atoms with Crippen molar-refractivity contribution in [2.75, 3.05) is 10.6 Å². The van der Waals surface area contributed by atoms with Crippen LogP contribution < -0.4 is 15.4 Å². The molecule has 0 fully saturated rings. The molecule has 0 radical (unpaired) electrons. The lowest BCUT2D eigenvalue weighted by Gasteiger charge is -2.06. The van der Waals surface area contributed by atoms with E-state index < -0.39 is 0 Å². The van der Waals surface area contributed by atoms with Crippen LogP contribution in [-0.4, -0.2) is 11.8 Å². The summed E-state index contributed by atoms with van der Waals surface area (Å²) < 4.78 is 12.1. The van der Waals surface area contributed by atoms with Gasteiger partial charge in [-0.15, -0.1) is 0 Å². The fourth-order valence-corrected chi connectivity index (χ4v) is 2.72. The van der Waals surface area contributed by atoms with Crippen molar-refractivity contribution in [2.24, 2.45) is 0 Å². The van der Waals surface area contributed by atoms with Crippen molar-refractivity contribution >= 4 is 39.1 Å². The average molecular weight is 429 g/mol. The molecule has 6 nitrogen and oxygen atoms in total. The lowest BCUT2D eigenvalue weighted by molar-refractivity contribution is -0.114. The first kappa shape index (κ1) is 18.7. The van der Waals surface area contributed by atoms with Crippen molar-refractivity contribution in [1.29, 1.82) is 0 Å². The Morgan fingerprint density at radius 1 is 0.963 bits per heavy atom. The Morgan fingerprint density at radius 2 is 1.63 bits per heavy atom. The number of carbonyl (C=O) groups is 2. The van der Waals surface area contributed by atoms with Gasteiger partial charge in [-0.05, 0) is 64.5 Å². The molecule has 27 heavy (non-hydrogen) atoms. The molecule has 0 unspecified atom stereocenters. The molecule has 2 N–H and O–H groups in total. The van der Waals surface area contributed by atoms with Gasteiger partial charge in [-0.3, -0.25) is 9.59 Å². The predicted octanol–water partition coefficient (Wildman–Crippen LogP) is 4.83. The topological polar surface area (TPSA) is 80.6 Å². The number of anilines is 2. The molecule has 0 aliphatic rings. The summed E-state index contributed by atoms with van der Waals surface area (Å²) in [7, 11) is 0. The van der Waals surface area contributed by atoms with E-state index in [4.69, 9.17) is 9.15 Å². The van der Waals surface area contributed by atoms with Gasteiger partial charge in [0, 0.05) is 18.3 Å². The number of hydrogen-bond acceptors (Lipinski definition) is 4. The molecule has 1 aromatic heterocycles. The molecule has 7 heteroatoms. The van der Waals surface area contributed by atoms with Gasteiger partial charge in [0.1, 0.15) is 18.1 Å². The number of benzene rings is 2. The molecule has 3 rings (SSSR count). The minimum Gasteiger partial charge on any atom is -0.484 e. The molecule has 1 heterocycles. The lowest BCUT2D eigenvalue weighted by Crippen LogP contribution is -2.11. The molecule has 3 aromatic rings. The second-order valence-corrected chi connectivity index (χ2v) is 6.55. The molecule has 0 aliphatic carbocycles. The maximum atomic E-state index is 12.3. The Balaban J connectivity index is 1.58. The van der Waals surface area contributed by atoms with Crippen molar-refractivity contribution < 1.29 is 18.7 Å². The van der Waals surface area contributed by atoms with Gasteiger partial charge in [0.25, 0.3) is 5.91 Å². The number of para-hydroxylation sites is 1. The molecule has 0 aliphatic heterocycles. The summed E-state index contributed by atoms with van der Waals surface area (Å²) in [4.78, 5) is 23.3. The number of rotatable bonds is 6. The van der Waals surface area contributed by atoms with Crippen molar-refractivity contribution in [1.82, 2.24) is 0 Å². The molecular weight excluding hydrogens is 412 g/mol. The van der Waals surface area contributed by atoms with E-state index in [1.165, 1.54) is 6.92 Å². The Bertz CT molecular complexity index is 951. The smallest absolute Gasteiger partial charge is 0.291 e. The van der Waals surface area contributed by atoms with Crippen molar-refractivity contribution in [3.8, 4) is 5.75 Å². The SMILES string of the molecule is CC(=O)Nc1ccc(NC(=O)c2ccc(COc3ccccc3Br)o2)cc1. The van der Waals surface area contributed by atoms with Crippen LogP contribution in [0.15, 0.2) is 69.6 Å². The number of amides is 2. The van der Waals surface area contributed by atoms with Crippen LogP contribution in [0, 0.1) is 0 Å². The van der Waals surface area contributed by atoms with Crippen LogP contribution in [0.1, 0.15) is 23.2 Å². The molecule has 0 spiro atoms. The molecule has 0 saturated heterocycles. The predicted molar refractivity (Wildman–Crippen MR) is 106 cm³/mol. The summed E-state index contributed by atoms with van der Waals surface area (Å²) in [5, 5.41) is 5.41. The number of hydrogen-bond donors (Lipinski definition) is 2. The van der Waals surface area contributed by atoms with E-state index in [0.29, 0.717) is 22.9 Å². The second kappa shape index (κ2) is 8.55. The highest BCUT2D eigenvalue weighted by atomic mass is 79.9. The van der Waals surface area contributed by atoms with Crippen LogP contribution in [-0.2, 0) is 11.4 Å². The summed E-state index contributed by atoms with van der Waals surface area (Å²) in [5.74, 6) is 0.900. The van der Waals surface area contributed by atoms with Gasteiger partial charge in [0.05, 0.1) is 4.47 Å². The van der Waals surface area contributed by atoms with E-state index in [0.717, 1.165) is 4.47 Å². The third kappa shape index (κ3) is 5.21. The summed E-state index contributed by atoms with van der Waals surface area (Å²) in [6.07, 6.45) is 0. The van der Waals surface area contributed by atoms with E-state index in [1.807, 2.05) is 24.3 Å². The van der Waals surface area contributed by atoms with E-state index in [2.05, 4.69) is 26.6 Å². The van der Waals surface area contributed by atoms with E-state index in [-0.39, 0.29) is 24.2 Å². The number of furan rings is 1. The molecule has 0 atom stereocenters. The Hall–Kier alpha value is -3.06.